The number of fused-ring (bicyclic) bond motifs is 1. The Kier molecular flexibility index (Phi) is 3.34. The molecule has 0 fully saturated rings. The molecule has 0 aromatic heterocycles. The number of rotatable bonds is 2. The molecular weight excluding hydrogens is 254 g/mol. The van der Waals surface area contributed by atoms with Gasteiger partial charge in [0.2, 0.25) is 0 Å². The summed E-state index contributed by atoms with van der Waals surface area (Å²) < 4.78 is 5.62. The number of ether oxygens (including phenoxy) is 1. The van der Waals surface area contributed by atoms with Crippen molar-refractivity contribution in [3.63, 3.8) is 0 Å². The minimum absolute atomic E-state index is 0.0256. The van der Waals surface area contributed by atoms with Gasteiger partial charge in [-0.2, -0.15) is 0 Å². The van der Waals surface area contributed by atoms with Crippen LogP contribution in [0.3, 0.4) is 0 Å². The number of benzene rings is 2. The van der Waals surface area contributed by atoms with Gasteiger partial charge in [-0.1, -0.05) is 36.4 Å². The largest absolute Gasteiger partial charge is 0.504 e. The Morgan fingerprint density at radius 1 is 1.10 bits per heavy atom. The van der Waals surface area contributed by atoms with E-state index in [1.165, 1.54) is 6.07 Å². The Morgan fingerprint density at radius 2 is 1.85 bits per heavy atom. The molecule has 0 bridgehead atoms. The molecule has 2 unspecified atom stereocenters. The number of hydrogen-bond donors (Lipinski definition) is 3. The van der Waals surface area contributed by atoms with Crippen molar-refractivity contribution in [2.24, 2.45) is 0 Å². The second-order valence-electron chi connectivity index (χ2n) is 4.93. The zero-order valence-corrected chi connectivity index (χ0v) is 11.2. The van der Waals surface area contributed by atoms with Gasteiger partial charge in [0, 0.05) is 19.2 Å². The second-order valence-corrected chi connectivity index (χ2v) is 4.93. The van der Waals surface area contributed by atoms with E-state index in [9.17, 15) is 10.2 Å². The van der Waals surface area contributed by atoms with E-state index in [2.05, 4.69) is 17.4 Å². The topological polar surface area (TPSA) is 61.7 Å². The minimum atomic E-state index is -0.201. The third-order valence-electron chi connectivity index (χ3n) is 3.82. The molecule has 4 heteroatoms. The van der Waals surface area contributed by atoms with Crippen molar-refractivity contribution in [3.8, 4) is 11.5 Å². The number of hydrogen-bond acceptors (Lipinski definition) is 4. The van der Waals surface area contributed by atoms with Crippen LogP contribution in [0.5, 0.6) is 11.5 Å². The molecule has 0 aliphatic carbocycles. The molecule has 4 nitrogen and oxygen atoms in total. The molecule has 0 radical (unpaired) electrons. The van der Waals surface area contributed by atoms with Crippen LogP contribution in [0.15, 0.2) is 42.5 Å². The van der Waals surface area contributed by atoms with Gasteiger partial charge in [0.15, 0.2) is 11.5 Å². The van der Waals surface area contributed by atoms with Crippen LogP contribution in [0.1, 0.15) is 28.8 Å². The fourth-order valence-corrected chi connectivity index (χ4v) is 2.81. The summed E-state index contributed by atoms with van der Waals surface area (Å²) >= 11 is 0. The molecule has 1 aliphatic rings. The summed E-state index contributed by atoms with van der Waals surface area (Å²) in [4.78, 5) is 0. The maximum atomic E-state index is 9.97. The molecule has 3 N–H and O–H groups in total. The standard InChI is InChI=1S/C16H17NO3/c1-20-16-11-7-8-13(18)15(19)12(11)9-17-14(16)10-5-3-2-4-6-10/h2-8,14,16-19H,9H2,1H3. The first-order valence-electron chi connectivity index (χ1n) is 6.57. The average Bonchev–Trinajstić information content (AvgIpc) is 2.50. The summed E-state index contributed by atoms with van der Waals surface area (Å²) in [7, 11) is 1.65. The van der Waals surface area contributed by atoms with Crippen LogP contribution in [0.25, 0.3) is 0 Å². The van der Waals surface area contributed by atoms with E-state index < -0.39 is 0 Å². The van der Waals surface area contributed by atoms with Crippen molar-refractivity contribution in [3.05, 3.63) is 59.2 Å². The Labute approximate surface area is 117 Å². The Balaban J connectivity index is 2.05. The van der Waals surface area contributed by atoms with Crippen LogP contribution < -0.4 is 5.32 Å². The Morgan fingerprint density at radius 3 is 2.55 bits per heavy atom. The molecule has 2 aromatic rings. The quantitative estimate of drug-likeness (QED) is 0.735. The SMILES string of the molecule is COC1c2ccc(O)c(O)c2CNC1c1ccccc1. The second kappa shape index (κ2) is 5.15. The van der Waals surface area contributed by atoms with Gasteiger partial charge in [0.05, 0.1) is 6.04 Å². The summed E-state index contributed by atoms with van der Waals surface area (Å²) in [5, 5.41) is 22.9. The highest BCUT2D eigenvalue weighted by Gasteiger charge is 2.32. The number of phenols is 2. The Bertz CT molecular complexity index is 613. The molecule has 0 saturated carbocycles. The first-order chi connectivity index (χ1) is 9.72. The zero-order valence-electron chi connectivity index (χ0n) is 11.2. The van der Waals surface area contributed by atoms with Crippen molar-refractivity contribution < 1.29 is 14.9 Å². The lowest BCUT2D eigenvalue weighted by Gasteiger charge is -2.34. The predicted octanol–water partition coefficient (Wildman–Crippen LogP) is 2.63. The van der Waals surface area contributed by atoms with E-state index in [0.29, 0.717) is 12.1 Å². The first-order valence-corrected chi connectivity index (χ1v) is 6.57. The van der Waals surface area contributed by atoms with E-state index in [1.807, 2.05) is 24.3 Å². The van der Waals surface area contributed by atoms with Gasteiger partial charge in [-0.15, -0.1) is 0 Å². The van der Waals surface area contributed by atoms with Crippen molar-refractivity contribution >= 4 is 0 Å². The van der Waals surface area contributed by atoms with Gasteiger partial charge >= 0.3 is 0 Å². The number of aromatic hydroxyl groups is 2. The molecular formula is C16H17NO3. The summed E-state index contributed by atoms with van der Waals surface area (Å²) in [6.07, 6.45) is -0.201. The molecule has 20 heavy (non-hydrogen) atoms. The lowest BCUT2D eigenvalue weighted by molar-refractivity contribution is 0.0585. The summed E-state index contributed by atoms with van der Waals surface area (Å²) in [5.41, 5.74) is 2.75. The lowest BCUT2D eigenvalue weighted by Crippen LogP contribution is -2.33. The smallest absolute Gasteiger partial charge is 0.162 e. The van der Waals surface area contributed by atoms with E-state index in [1.54, 1.807) is 7.11 Å². The number of methoxy groups -OCH3 is 1. The number of nitrogens with one attached hydrogen (secondary N) is 1. The first kappa shape index (κ1) is 13.0. The van der Waals surface area contributed by atoms with Crippen molar-refractivity contribution in [2.45, 2.75) is 18.7 Å². The highest BCUT2D eigenvalue weighted by Crippen LogP contribution is 2.42. The maximum absolute atomic E-state index is 9.97. The lowest BCUT2D eigenvalue weighted by atomic mass is 9.88. The van der Waals surface area contributed by atoms with Gasteiger partial charge in [0.1, 0.15) is 6.10 Å². The van der Waals surface area contributed by atoms with Gasteiger partial charge in [-0.05, 0) is 17.2 Å². The summed E-state index contributed by atoms with van der Waals surface area (Å²) in [5.74, 6) is -0.165. The van der Waals surface area contributed by atoms with E-state index in [-0.39, 0.29) is 23.6 Å². The number of phenolic OH excluding ortho intramolecular Hbond substituents is 2. The van der Waals surface area contributed by atoms with Crippen molar-refractivity contribution in [1.29, 1.82) is 0 Å². The van der Waals surface area contributed by atoms with Gasteiger partial charge in [-0.25, -0.2) is 0 Å². The van der Waals surface area contributed by atoms with Gasteiger partial charge in [-0.3, -0.25) is 0 Å². The molecule has 0 spiro atoms. The highest BCUT2D eigenvalue weighted by molar-refractivity contribution is 5.51. The highest BCUT2D eigenvalue weighted by atomic mass is 16.5. The third-order valence-corrected chi connectivity index (χ3v) is 3.82. The van der Waals surface area contributed by atoms with Gasteiger partial charge in [0.25, 0.3) is 0 Å². The molecule has 3 rings (SSSR count). The van der Waals surface area contributed by atoms with E-state index in [4.69, 9.17) is 4.74 Å². The predicted molar refractivity (Wildman–Crippen MR) is 75.5 cm³/mol. The van der Waals surface area contributed by atoms with Crippen LogP contribution in [0.4, 0.5) is 0 Å². The Hall–Kier alpha value is -2.04. The molecule has 0 saturated heterocycles. The molecule has 1 aliphatic heterocycles. The van der Waals surface area contributed by atoms with Crippen LogP contribution in [0, 0.1) is 0 Å². The van der Waals surface area contributed by atoms with E-state index in [0.717, 1.165) is 11.1 Å². The third kappa shape index (κ3) is 2.03. The molecule has 1 heterocycles. The summed E-state index contributed by atoms with van der Waals surface area (Å²) in [6, 6.07) is 13.4. The monoisotopic (exact) mass is 271 g/mol. The molecule has 2 atom stereocenters. The normalized spacial score (nSPS) is 21.4. The average molecular weight is 271 g/mol. The van der Waals surface area contributed by atoms with Crippen LogP contribution >= 0.6 is 0 Å². The van der Waals surface area contributed by atoms with Crippen LogP contribution in [-0.2, 0) is 11.3 Å². The molecule has 2 aromatic carbocycles. The van der Waals surface area contributed by atoms with Crippen LogP contribution in [-0.4, -0.2) is 17.3 Å². The fourth-order valence-electron chi connectivity index (χ4n) is 2.81. The molecule has 0 amide bonds. The summed E-state index contributed by atoms with van der Waals surface area (Å²) in [6.45, 7) is 0.495. The van der Waals surface area contributed by atoms with E-state index >= 15 is 0 Å². The van der Waals surface area contributed by atoms with Crippen molar-refractivity contribution in [1.82, 2.24) is 5.32 Å². The zero-order chi connectivity index (χ0) is 14.1. The minimum Gasteiger partial charge on any atom is -0.504 e. The fraction of sp³-hybridized carbons (Fsp3) is 0.250. The van der Waals surface area contributed by atoms with Crippen molar-refractivity contribution in [2.75, 3.05) is 7.11 Å². The maximum Gasteiger partial charge on any atom is 0.162 e. The van der Waals surface area contributed by atoms with Crippen LogP contribution in [0.2, 0.25) is 0 Å². The van der Waals surface area contributed by atoms with Gasteiger partial charge < -0.3 is 20.3 Å². The molecule has 104 valence electrons.